The first kappa shape index (κ1) is 19.6. The number of benzene rings is 3. The maximum absolute atomic E-state index is 6.11. The van der Waals surface area contributed by atoms with Gasteiger partial charge in [0.15, 0.2) is 0 Å². The molecule has 0 bridgehead atoms. The number of imidazole rings is 2. The van der Waals surface area contributed by atoms with E-state index in [-0.39, 0.29) is 21.1 Å². The van der Waals surface area contributed by atoms with Crippen LogP contribution in [0.5, 0.6) is 11.5 Å². The number of fused-ring (bicyclic) bond motifs is 4. The molecule has 0 saturated carbocycles. The van der Waals surface area contributed by atoms with Gasteiger partial charge in [0.25, 0.3) is 0 Å². The minimum atomic E-state index is 0. The Labute approximate surface area is 194 Å². The summed E-state index contributed by atoms with van der Waals surface area (Å²) in [5.41, 5.74) is 4.92. The van der Waals surface area contributed by atoms with Gasteiger partial charge in [-0.25, -0.2) is 0 Å². The zero-order chi connectivity index (χ0) is 20.1. The van der Waals surface area contributed by atoms with E-state index in [0.717, 1.165) is 33.8 Å². The summed E-state index contributed by atoms with van der Waals surface area (Å²) in [6.45, 7) is 0.699. The summed E-state index contributed by atoms with van der Waals surface area (Å²) in [7, 11) is 1.99. The van der Waals surface area contributed by atoms with E-state index in [9.17, 15) is 0 Å². The fourth-order valence-corrected chi connectivity index (χ4v) is 3.82. The van der Waals surface area contributed by atoms with Crippen molar-refractivity contribution in [1.82, 2.24) is 14.1 Å². The second-order valence-corrected chi connectivity index (χ2v) is 7.15. The Bertz CT molecular complexity index is 1400. The molecule has 3 aromatic carbocycles. The number of hydrogen-bond donors (Lipinski definition) is 1. The second-order valence-electron chi connectivity index (χ2n) is 7.15. The van der Waals surface area contributed by atoms with Gasteiger partial charge < -0.3 is 23.8 Å². The first-order chi connectivity index (χ1) is 14.8. The molecule has 0 atom stereocenters. The number of aromatic nitrogens is 4. The van der Waals surface area contributed by atoms with Crippen LogP contribution < -0.4 is 14.6 Å². The molecule has 156 valence electrons. The van der Waals surface area contributed by atoms with Crippen molar-refractivity contribution in [2.24, 2.45) is 7.05 Å². The molecule has 6 rings (SSSR count). The molecule has 0 aliphatic carbocycles. The number of nitrogens with zero attached hydrogens (tertiary/aromatic N) is 4. The predicted molar refractivity (Wildman–Crippen MR) is 112 cm³/mol. The molecular weight excluding hydrogens is 569 g/mol. The average Bonchev–Trinajstić information content (AvgIpc) is 3.39. The topological polar surface area (TPSA) is 47.9 Å². The molecule has 1 N–H and O–H groups in total. The summed E-state index contributed by atoms with van der Waals surface area (Å²) in [5, 5.41) is 3.36. The van der Waals surface area contributed by atoms with Crippen molar-refractivity contribution in [3.05, 3.63) is 85.5 Å². The summed E-state index contributed by atoms with van der Waals surface area (Å²) in [4.78, 5) is 4.45. The van der Waals surface area contributed by atoms with E-state index in [1.807, 2.05) is 69.4 Å². The van der Waals surface area contributed by atoms with Crippen LogP contribution in [0.25, 0.3) is 28.1 Å². The molecule has 5 aromatic rings. The molecule has 2 aromatic heterocycles. The fourth-order valence-electron chi connectivity index (χ4n) is 3.82. The van der Waals surface area contributed by atoms with E-state index < -0.39 is 0 Å². The van der Waals surface area contributed by atoms with Crippen LogP contribution in [0.4, 0.5) is 5.69 Å². The Kier molecular flexibility index (Phi) is 4.87. The molecule has 0 amide bonds. The van der Waals surface area contributed by atoms with E-state index >= 15 is 0 Å². The Morgan fingerprint density at radius 2 is 1.90 bits per heavy atom. The van der Waals surface area contributed by atoms with Gasteiger partial charge in [-0.15, -0.1) is 18.2 Å². The quantitative estimate of drug-likeness (QED) is 0.258. The summed E-state index contributed by atoms with van der Waals surface area (Å²) in [6, 6.07) is 24.6. The first-order valence-electron chi connectivity index (χ1n) is 9.67. The Balaban J connectivity index is 0.00000204. The van der Waals surface area contributed by atoms with E-state index in [1.54, 1.807) is 6.20 Å². The fraction of sp³-hybridized carbons (Fsp3) is 0.0833. The van der Waals surface area contributed by atoms with Crippen molar-refractivity contribution < 1.29 is 30.4 Å². The number of nitrogens with one attached hydrogen (secondary N) is 1. The van der Waals surface area contributed by atoms with Gasteiger partial charge in [0.2, 0.25) is 6.33 Å². The standard InChI is InChI=1S/C24H17N5O.Pt/c1-27-16-29(23-8-3-2-7-22(23)27)17-5-4-6-18(13-17)30-19-9-10-21-20(14-19)24-25-11-12-28(24)15-26-21;/h2-12,26H,15H2,1H3;/q-2;. The second kappa shape index (κ2) is 7.71. The van der Waals surface area contributed by atoms with Crippen LogP contribution in [0.3, 0.4) is 0 Å². The molecule has 0 unspecified atom stereocenters. The monoisotopic (exact) mass is 586 g/mol. The molecule has 0 fully saturated rings. The first-order valence-corrected chi connectivity index (χ1v) is 9.67. The van der Waals surface area contributed by atoms with Crippen LogP contribution in [0.2, 0.25) is 0 Å². The summed E-state index contributed by atoms with van der Waals surface area (Å²) in [6.07, 6.45) is 7.07. The molecule has 6 nitrogen and oxygen atoms in total. The summed E-state index contributed by atoms with van der Waals surface area (Å²) < 4.78 is 12.1. The summed E-state index contributed by atoms with van der Waals surface area (Å²) >= 11 is 0. The number of rotatable bonds is 3. The third-order valence-corrected chi connectivity index (χ3v) is 5.25. The van der Waals surface area contributed by atoms with Gasteiger partial charge in [-0.2, -0.15) is 12.1 Å². The van der Waals surface area contributed by atoms with Crippen molar-refractivity contribution in [1.29, 1.82) is 0 Å². The van der Waals surface area contributed by atoms with Gasteiger partial charge in [0.1, 0.15) is 0 Å². The van der Waals surface area contributed by atoms with Crippen LogP contribution >= 0.6 is 0 Å². The number of ether oxygens (including phenoxy) is 1. The van der Waals surface area contributed by atoms with Crippen LogP contribution in [0, 0.1) is 18.5 Å². The van der Waals surface area contributed by atoms with Crippen LogP contribution in [-0.2, 0) is 34.8 Å². The number of hydrogen-bond acceptors (Lipinski definition) is 3. The SMILES string of the molecule is C[n+]1[c-]n(-c2[c-]c(Oc3[c-]c4c(cc3)NCn3ccnc3-4)ccc2)c2ccccc21.[Pt]. The third-order valence-electron chi connectivity index (χ3n) is 5.25. The number of aryl methyl sites for hydroxylation is 1. The maximum Gasteiger partial charge on any atom is 0.242 e. The molecular formula is C24H17N5OPt-2. The van der Waals surface area contributed by atoms with E-state index in [2.05, 4.69) is 40.9 Å². The normalized spacial score (nSPS) is 11.9. The van der Waals surface area contributed by atoms with Gasteiger partial charge >= 0.3 is 0 Å². The Hall–Kier alpha value is -3.37. The average molecular weight is 587 g/mol. The molecule has 0 radical (unpaired) electrons. The smallest absolute Gasteiger partial charge is 0.242 e. The van der Waals surface area contributed by atoms with Crippen LogP contribution in [-0.4, -0.2) is 14.1 Å². The molecule has 1 aliphatic heterocycles. The van der Waals surface area contributed by atoms with Gasteiger partial charge in [-0.05, 0) is 5.69 Å². The predicted octanol–water partition coefficient (Wildman–Crippen LogP) is 3.89. The molecule has 0 saturated heterocycles. The van der Waals surface area contributed by atoms with Gasteiger partial charge in [0, 0.05) is 45.0 Å². The molecule has 31 heavy (non-hydrogen) atoms. The van der Waals surface area contributed by atoms with Crippen molar-refractivity contribution in [3.63, 3.8) is 0 Å². The van der Waals surface area contributed by atoms with Crippen molar-refractivity contribution in [3.8, 4) is 28.6 Å². The zero-order valence-electron chi connectivity index (χ0n) is 16.6. The number of anilines is 1. The Morgan fingerprint density at radius 1 is 1.03 bits per heavy atom. The maximum atomic E-state index is 6.11. The van der Waals surface area contributed by atoms with Gasteiger partial charge in [-0.1, -0.05) is 47.6 Å². The van der Waals surface area contributed by atoms with E-state index in [4.69, 9.17) is 4.74 Å². The molecule has 0 spiro atoms. The summed E-state index contributed by atoms with van der Waals surface area (Å²) in [5.74, 6) is 2.12. The van der Waals surface area contributed by atoms with Crippen molar-refractivity contribution >= 4 is 16.7 Å². The third kappa shape index (κ3) is 3.33. The van der Waals surface area contributed by atoms with Crippen molar-refractivity contribution in [2.75, 3.05) is 5.32 Å². The van der Waals surface area contributed by atoms with Crippen LogP contribution in [0.1, 0.15) is 0 Å². The van der Waals surface area contributed by atoms with Crippen LogP contribution in [0.15, 0.2) is 67.0 Å². The number of para-hydroxylation sites is 2. The van der Waals surface area contributed by atoms with E-state index in [0.29, 0.717) is 18.2 Å². The largest absolute Gasteiger partial charge is 0.504 e. The minimum Gasteiger partial charge on any atom is -0.504 e. The van der Waals surface area contributed by atoms with E-state index in [1.165, 1.54) is 0 Å². The molecule has 1 aliphatic rings. The zero-order valence-corrected chi connectivity index (χ0v) is 18.8. The van der Waals surface area contributed by atoms with Gasteiger partial charge in [-0.3, -0.25) is 4.98 Å². The molecule has 3 heterocycles. The minimum absolute atomic E-state index is 0. The van der Waals surface area contributed by atoms with Crippen molar-refractivity contribution in [2.45, 2.75) is 6.67 Å². The molecule has 7 heteroatoms. The Morgan fingerprint density at radius 3 is 2.84 bits per heavy atom. The van der Waals surface area contributed by atoms with Gasteiger partial charge in [0.05, 0.1) is 30.6 Å².